The molecule has 0 spiro atoms. The highest BCUT2D eigenvalue weighted by molar-refractivity contribution is 6.42. The normalized spacial score (nSPS) is 11.1. The van der Waals surface area contributed by atoms with Crippen molar-refractivity contribution in [3.63, 3.8) is 0 Å². The van der Waals surface area contributed by atoms with Crippen LogP contribution in [-0.4, -0.2) is 24.1 Å². The quantitative estimate of drug-likeness (QED) is 0.786. The first kappa shape index (κ1) is 16.8. The van der Waals surface area contributed by atoms with Crippen LogP contribution in [0.15, 0.2) is 12.1 Å². The predicted octanol–water partition coefficient (Wildman–Crippen LogP) is 4.13. The minimum Gasteiger partial charge on any atom is -0.462 e. The molecule has 6 heteroatoms. The van der Waals surface area contributed by atoms with Crippen molar-refractivity contribution in [2.24, 2.45) is 0 Å². The zero-order valence-electron chi connectivity index (χ0n) is 11.8. The molecule has 0 heterocycles. The van der Waals surface area contributed by atoms with Crippen molar-refractivity contribution < 1.29 is 19.1 Å². The first-order chi connectivity index (χ1) is 9.15. The standard InChI is InChI=1S/C14H16Cl2O4/c1-5-19-12(17)8-6-10(15)11(16)7-9(8)13(18)20-14(2,3)4/h6-7H,5H2,1-4H3. The third-order valence-corrected chi connectivity index (χ3v) is 2.90. The van der Waals surface area contributed by atoms with E-state index >= 15 is 0 Å². The highest BCUT2D eigenvalue weighted by Crippen LogP contribution is 2.28. The zero-order valence-corrected chi connectivity index (χ0v) is 13.3. The van der Waals surface area contributed by atoms with Gasteiger partial charge in [0, 0.05) is 0 Å². The van der Waals surface area contributed by atoms with Crippen molar-refractivity contribution in [1.29, 1.82) is 0 Å². The summed E-state index contributed by atoms with van der Waals surface area (Å²) in [5.41, 5.74) is -0.613. The van der Waals surface area contributed by atoms with Gasteiger partial charge in [0.05, 0.1) is 27.8 Å². The highest BCUT2D eigenvalue weighted by atomic mass is 35.5. The molecule has 0 fully saturated rings. The van der Waals surface area contributed by atoms with Crippen molar-refractivity contribution in [2.45, 2.75) is 33.3 Å². The predicted molar refractivity (Wildman–Crippen MR) is 77.6 cm³/mol. The van der Waals surface area contributed by atoms with Crippen LogP contribution in [0.1, 0.15) is 48.4 Å². The molecular weight excluding hydrogens is 303 g/mol. The van der Waals surface area contributed by atoms with Crippen LogP contribution in [0.4, 0.5) is 0 Å². The Kier molecular flexibility index (Phi) is 5.42. The molecule has 0 aliphatic heterocycles. The van der Waals surface area contributed by atoms with E-state index in [1.54, 1.807) is 27.7 Å². The lowest BCUT2D eigenvalue weighted by molar-refractivity contribution is 0.00644. The van der Waals surface area contributed by atoms with Crippen LogP contribution in [0.25, 0.3) is 0 Å². The smallest absolute Gasteiger partial charge is 0.339 e. The van der Waals surface area contributed by atoms with E-state index in [1.165, 1.54) is 12.1 Å². The third-order valence-electron chi connectivity index (χ3n) is 2.17. The number of hydrogen-bond donors (Lipinski definition) is 0. The Morgan fingerprint density at radius 3 is 1.90 bits per heavy atom. The Bertz CT molecular complexity index is 533. The molecule has 0 saturated carbocycles. The number of rotatable bonds is 3. The van der Waals surface area contributed by atoms with Gasteiger partial charge in [0.2, 0.25) is 0 Å². The average Bonchev–Trinajstić information content (AvgIpc) is 2.30. The van der Waals surface area contributed by atoms with Gasteiger partial charge in [-0.15, -0.1) is 0 Å². The Morgan fingerprint density at radius 2 is 1.50 bits per heavy atom. The molecule has 0 atom stereocenters. The summed E-state index contributed by atoms with van der Waals surface area (Å²) in [5.74, 6) is -1.30. The van der Waals surface area contributed by atoms with Gasteiger partial charge in [-0.05, 0) is 39.8 Å². The number of hydrogen-bond acceptors (Lipinski definition) is 4. The SMILES string of the molecule is CCOC(=O)c1cc(Cl)c(Cl)cc1C(=O)OC(C)(C)C. The van der Waals surface area contributed by atoms with Crippen molar-refractivity contribution in [3.05, 3.63) is 33.3 Å². The summed E-state index contributed by atoms with van der Waals surface area (Å²) in [6, 6.07) is 2.62. The Labute approximate surface area is 128 Å². The van der Waals surface area contributed by atoms with Gasteiger partial charge in [0.25, 0.3) is 0 Å². The molecule has 1 rings (SSSR count). The van der Waals surface area contributed by atoms with E-state index in [-0.39, 0.29) is 27.8 Å². The lowest BCUT2D eigenvalue weighted by atomic mass is 10.1. The Balaban J connectivity index is 3.26. The molecule has 110 valence electrons. The number of carbonyl (C=O) groups excluding carboxylic acids is 2. The summed E-state index contributed by atoms with van der Waals surface area (Å²) in [4.78, 5) is 24.0. The van der Waals surface area contributed by atoms with Gasteiger partial charge in [0.15, 0.2) is 0 Å². The van der Waals surface area contributed by atoms with E-state index < -0.39 is 17.5 Å². The molecule has 4 nitrogen and oxygen atoms in total. The second-order valence-corrected chi connectivity index (χ2v) is 5.85. The molecule has 1 aromatic rings. The maximum atomic E-state index is 12.1. The summed E-state index contributed by atoms with van der Waals surface area (Å²) in [5, 5.41) is 0.336. The molecule has 1 aromatic carbocycles. The lowest BCUT2D eigenvalue weighted by Gasteiger charge is -2.20. The van der Waals surface area contributed by atoms with Gasteiger partial charge in [0.1, 0.15) is 5.60 Å². The van der Waals surface area contributed by atoms with E-state index in [2.05, 4.69) is 0 Å². The maximum absolute atomic E-state index is 12.1. The second kappa shape index (κ2) is 6.46. The first-order valence-electron chi connectivity index (χ1n) is 6.05. The van der Waals surface area contributed by atoms with E-state index in [4.69, 9.17) is 32.7 Å². The van der Waals surface area contributed by atoms with Gasteiger partial charge in [-0.25, -0.2) is 9.59 Å². The monoisotopic (exact) mass is 318 g/mol. The molecule has 0 N–H and O–H groups in total. The summed E-state index contributed by atoms with van der Waals surface area (Å²) < 4.78 is 10.1. The summed E-state index contributed by atoms with van der Waals surface area (Å²) in [6.45, 7) is 7.04. The number of benzene rings is 1. The molecule has 0 aliphatic carbocycles. The molecule has 0 unspecified atom stereocenters. The Morgan fingerprint density at radius 1 is 1.05 bits per heavy atom. The van der Waals surface area contributed by atoms with E-state index in [9.17, 15) is 9.59 Å². The van der Waals surface area contributed by atoms with Crippen molar-refractivity contribution >= 4 is 35.1 Å². The molecule has 0 amide bonds. The molecular formula is C14H16Cl2O4. The number of carbonyl (C=O) groups is 2. The van der Waals surface area contributed by atoms with Crippen molar-refractivity contribution in [2.75, 3.05) is 6.61 Å². The fourth-order valence-electron chi connectivity index (χ4n) is 1.43. The molecule has 0 aromatic heterocycles. The van der Waals surface area contributed by atoms with Gasteiger partial charge >= 0.3 is 11.9 Å². The number of esters is 2. The van der Waals surface area contributed by atoms with E-state index in [1.807, 2.05) is 0 Å². The highest BCUT2D eigenvalue weighted by Gasteiger charge is 2.25. The summed E-state index contributed by atoms with van der Waals surface area (Å²) in [6.07, 6.45) is 0. The largest absolute Gasteiger partial charge is 0.462 e. The van der Waals surface area contributed by atoms with Crippen LogP contribution in [0.3, 0.4) is 0 Å². The number of ether oxygens (including phenoxy) is 2. The minimum atomic E-state index is -0.685. The second-order valence-electron chi connectivity index (χ2n) is 5.03. The third kappa shape index (κ3) is 4.39. The average molecular weight is 319 g/mol. The van der Waals surface area contributed by atoms with Crippen LogP contribution in [0, 0.1) is 0 Å². The molecule has 0 saturated heterocycles. The lowest BCUT2D eigenvalue weighted by Crippen LogP contribution is -2.25. The summed E-state index contributed by atoms with van der Waals surface area (Å²) >= 11 is 11.8. The van der Waals surface area contributed by atoms with Crippen LogP contribution >= 0.6 is 23.2 Å². The topological polar surface area (TPSA) is 52.6 Å². The van der Waals surface area contributed by atoms with Gasteiger partial charge in [-0.2, -0.15) is 0 Å². The Hall–Kier alpha value is -1.26. The zero-order chi connectivity index (χ0) is 15.5. The van der Waals surface area contributed by atoms with Crippen LogP contribution in [0.5, 0.6) is 0 Å². The maximum Gasteiger partial charge on any atom is 0.339 e. The van der Waals surface area contributed by atoms with Crippen LogP contribution < -0.4 is 0 Å². The van der Waals surface area contributed by atoms with Gasteiger partial charge < -0.3 is 9.47 Å². The van der Waals surface area contributed by atoms with Gasteiger partial charge in [-0.1, -0.05) is 23.2 Å². The van der Waals surface area contributed by atoms with Crippen LogP contribution in [-0.2, 0) is 9.47 Å². The van der Waals surface area contributed by atoms with E-state index in [0.29, 0.717) is 0 Å². The molecule has 0 bridgehead atoms. The minimum absolute atomic E-state index is 0.0350. The molecule has 0 radical (unpaired) electrons. The molecule has 20 heavy (non-hydrogen) atoms. The van der Waals surface area contributed by atoms with E-state index in [0.717, 1.165) is 0 Å². The summed E-state index contributed by atoms with van der Waals surface area (Å²) in [7, 11) is 0. The fourth-order valence-corrected chi connectivity index (χ4v) is 1.75. The van der Waals surface area contributed by atoms with Crippen molar-refractivity contribution in [3.8, 4) is 0 Å². The van der Waals surface area contributed by atoms with Gasteiger partial charge in [-0.3, -0.25) is 0 Å². The fraction of sp³-hybridized carbons (Fsp3) is 0.429. The first-order valence-corrected chi connectivity index (χ1v) is 6.80. The van der Waals surface area contributed by atoms with Crippen LogP contribution in [0.2, 0.25) is 10.0 Å². The van der Waals surface area contributed by atoms with Crippen molar-refractivity contribution in [1.82, 2.24) is 0 Å². The number of halogens is 2. The molecule has 0 aliphatic rings.